The average molecular weight is 143 g/mol. The fourth-order valence-corrected chi connectivity index (χ4v) is 0.854. The van der Waals surface area contributed by atoms with Crippen molar-refractivity contribution < 1.29 is 9.57 Å². The predicted octanol–water partition coefficient (Wildman–Crippen LogP) is 1.19. The van der Waals surface area contributed by atoms with Gasteiger partial charge in [0.25, 0.3) is 0 Å². The second kappa shape index (κ2) is 4.28. The molecule has 0 radical (unpaired) electrons. The van der Waals surface area contributed by atoms with Crippen molar-refractivity contribution >= 4 is 5.71 Å². The van der Waals surface area contributed by atoms with Crippen LogP contribution in [0, 0.1) is 0 Å². The summed E-state index contributed by atoms with van der Waals surface area (Å²) in [5.41, 5.74) is 1.13. The fourth-order valence-electron chi connectivity index (χ4n) is 0.854. The van der Waals surface area contributed by atoms with E-state index in [1.807, 2.05) is 6.92 Å². The molecule has 1 aliphatic heterocycles. The van der Waals surface area contributed by atoms with E-state index in [0.717, 1.165) is 31.8 Å². The standard InChI is InChI=1S/C7H13NO2/c1-2-10-8-7-3-5-9-6-4-7/h2-6H2,1H3. The lowest BCUT2D eigenvalue weighted by atomic mass is 10.2. The molecule has 58 valence electrons. The SMILES string of the molecule is CCON=C1CCOCC1. The van der Waals surface area contributed by atoms with Gasteiger partial charge in [0, 0.05) is 12.8 Å². The summed E-state index contributed by atoms with van der Waals surface area (Å²) in [4.78, 5) is 4.91. The first-order valence-corrected chi connectivity index (χ1v) is 3.69. The molecule has 0 aliphatic carbocycles. The van der Waals surface area contributed by atoms with Crippen molar-refractivity contribution in [2.75, 3.05) is 19.8 Å². The number of rotatable bonds is 2. The van der Waals surface area contributed by atoms with E-state index >= 15 is 0 Å². The first kappa shape index (κ1) is 7.54. The van der Waals surface area contributed by atoms with Crippen LogP contribution in [0.3, 0.4) is 0 Å². The normalized spacial score (nSPS) is 18.7. The Bertz CT molecular complexity index is 115. The minimum atomic E-state index is 0.657. The number of hydrogen-bond donors (Lipinski definition) is 0. The Morgan fingerprint density at radius 2 is 2.20 bits per heavy atom. The Hall–Kier alpha value is -0.570. The number of oxime groups is 1. The van der Waals surface area contributed by atoms with Gasteiger partial charge in [-0.3, -0.25) is 0 Å². The molecule has 1 aliphatic rings. The minimum Gasteiger partial charge on any atom is -0.396 e. The first-order valence-electron chi connectivity index (χ1n) is 3.69. The minimum absolute atomic E-state index is 0.657. The molecular formula is C7H13NO2. The summed E-state index contributed by atoms with van der Waals surface area (Å²) in [7, 11) is 0. The Morgan fingerprint density at radius 3 is 2.80 bits per heavy atom. The van der Waals surface area contributed by atoms with Crippen LogP contribution in [0.1, 0.15) is 19.8 Å². The molecule has 3 nitrogen and oxygen atoms in total. The third-order valence-corrected chi connectivity index (χ3v) is 1.39. The van der Waals surface area contributed by atoms with Gasteiger partial charge in [0.1, 0.15) is 6.61 Å². The van der Waals surface area contributed by atoms with E-state index in [2.05, 4.69) is 5.16 Å². The maximum Gasteiger partial charge on any atom is 0.114 e. The smallest absolute Gasteiger partial charge is 0.114 e. The van der Waals surface area contributed by atoms with Crippen molar-refractivity contribution in [2.45, 2.75) is 19.8 Å². The summed E-state index contributed by atoms with van der Waals surface area (Å²) in [5.74, 6) is 0. The Morgan fingerprint density at radius 1 is 1.50 bits per heavy atom. The van der Waals surface area contributed by atoms with Crippen LogP contribution in [0.5, 0.6) is 0 Å². The van der Waals surface area contributed by atoms with Crippen molar-refractivity contribution in [2.24, 2.45) is 5.16 Å². The van der Waals surface area contributed by atoms with E-state index in [1.165, 1.54) is 0 Å². The molecule has 0 amide bonds. The zero-order chi connectivity index (χ0) is 7.23. The lowest BCUT2D eigenvalue weighted by Gasteiger charge is -2.12. The maximum atomic E-state index is 5.14. The second-order valence-corrected chi connectivity index (χ2v) is 2.19. The Kier molecular flexibility index (Phi) is 3.22. The van der Waals surface area contributed by atoms with Gasteiger partial charge in [-0.15, -0.1) is 0 Å². The average Bonchev–Trinajstić information content (AvgIpc) is 2.03. The zero-order valence-corrected chi connectivity index (χ0v) is 6.30. The summed E-state index contributed by atoms with van der Waals surface area (Å²) in [6.07, 6.45) is 1.86. The molecule has 1 heterocycles. The molecule has 0 aromatic heterocycles. The van der Waals surface area contributed by atoms with E-state index in [-0.39, 0.29) is 0 Å². The van der Waals surface area contributed by atoms with Gasteiger partial charge in [-0.25, -0.2) is 0 Å². The van der Waals surface area contributed by atoms with Crippen LogP contribution in [0.4, 0.5) is 0 Å². The molecule has 1 saturated heterocycles. The topological polar surface area (TPSA) is 30.8 Å². The Balaban J connectivity index is 2.23. The van der Waals surface area contributed by atoms with E-state index in [1.54, 1.807) is 0 Å². The van der Waals surface area contributed by atoms with E-state index < -0.39 is 0 Å². The third-order valence-electron chi connectivity index (χ3n) is 1.39. The van der Waals surface area contributed by atoms with E-state index in [4.69, 9.17) is 9.57 Å². The maximum absolute atomic E-state index is 5.14. The van der Waals surface area contributed by atoms with Gasteiger partial charge in [0.15, 0.2) is 0 Å². The molecule has 1 rings (SSSR count). The zero-order valence-electron chi connectivity index (χ0n) is 6.30. The molecule has 0 unspecified atom stereocenters. The quantitative estimate of drug-likeness (QED) is 0.543. The largest absolute Gasteiger partial charge is 0.396 e. The number of hydrogen-bond acceptors (Lipinski definition) is 3. The fraction of sp³-hybridized carbons (Fsp3) is 0.857. The highest BCUT2D eigenvalue weighted by Gasteiger charge is 2.06. The van der Waals surface area contributed by atoms with Gasteiger partial charge in [0.2, 0.25) is 0 Å². The lowest BCUT2D eigenvalue weighted by molar-refractivity contribution is 0.122. The van der Waals surface area contributed by atoms with Crippen molar-refractivity contribution in [3.05, 3.63) is 0 Å². The summed E-state index contributed by atoms with van der Waals surface area (Å²) in [6, 6.07) is 0. The Labute approximate surface area is 61.0 Å². The predicted molar refractivity (Wildman–Crippen MR) is 39.1 cm³/mol. The molecule has 10 heavy (non-hydrogen) atoms. The van der Waals surface area contributed by atoms with Gasteiger partial charge >= 0.3 is 0 Å². The molecule has 0 aromatic rings. The van der Waals surface area contributed by atoms with Crippen molar-refractivity contribution in [1.82, 2.24) is 0 Å². The van der Waals surface area contributed by atoms with Gasteiger partial charge in [-0.05, 0) is 6.92 Å². The van der Waals surface area contributed by atoms with Crippen LogP contribution in [0.15, 0.2) is 5.16 Å². The highest BCUT2D eigenvalue weighted by Crippen LogP contribution is 2.02. The highest BCUT2D eigenvalue weighted by molar-refractivity contribution is 5.84. The van der Waals surface area contributed by atoms with Gasteiger partial charge < -0.3 is 9.57 Å². The molecule has 0 bridgehead atoms. The van der Waals surface area contributed by atoms with Gasteiger partial charge in [-0.2, -0.15) is 0 Å². The van der Waals surface area contributed by atoms with Crippen LogP contribution in [-0.2, 0) is 9.57 Å². The number of ether oxygens (including phenoxy) is 1. The monoisotopic (exact) mass is 143 g/mol. The summed E-state index contributed by atoms with van der Waals surface area (Å²) >= 11 is 0. The first-order chi connectivity index (χ1) is 4.93. The van der Waals surface area contributed by atoms with Gasteiger partial charge in [0.05, 0.1) is 18.9 Å². The number of nitrogens with zero attached hydrogens (tertiary/aromatic N) is 1. The third kappa shape index (κ3) is 2.35. The van der Waals surface area contributed by atoms with Crippen LogP contribution >= 0.6 is 0 Å². The van der Waals surface area contributed by atoms with Crippen molar-refractivity contribution in [3.63, 3.8) is 0 Å². The summed E-state index contributed by atoms with van der Waals surface area (Å²) in [6.45, 7) is 4.19. The van der Waals surface area contributed by atoms with Crippen LogP contribution in [0.25, 0.3) is 0 Å². The molecule has 0 N–H and O–H groups in total. The highest BCUT2D eigenvalue weighted by atomic mass is 16.6. The molecule has 0 saturated carbocycles. The summed E-state index contributed by atoms with van der Waals surface area (Å²) in [5, 5.41) is 3.94. The summed E-state index contributed by atoms with van der Waals surface area (Å²) < 4.78 is 5.14. The van der Waals surface area contributed by atoms with Crippen molar-refractivity contribution in [3.8, 4) is 0 Å². The lowest BCUT2D eigenvalue weighted by Crippen LogP contribution is -2.15. The second-order valence-electron chi connectivity index (χ2n) is 2.19. The van der Waals surface area contributed by atoms with Gasteiger partial charge in [-0.1, -0.05) is 5.16 Å². The molecule has 0 atom stereocenters. The van der Waals surface area contributed by atoms with E-state index in [9.17, 15) is 0 Å². The van der Waals surface area contributed by atoms with Crippen LogP contribution in [-0.4, -0.2) is 25.5 Å². The molecule has 3 heteroatoms. The molecule has 0 spiro atoms. The molecule has 0 aromatic carbocycles. The van der Waals surface area contributed by atoms with E-state index in [0.29, 0.717) is 6.61 Å². The van der Waals surface area contributed by atoms with Crippen LogP contribution in [0.2, 0.25) is 0 Å². The molecular weight excluding hydrogens is 130 g/mol. The van der Waals surface area contributed by atoms with Crippen LogP contribution < -0.4 is 0 Å². The molecule has 1 fully saturated rings. The van der Waals surface area contributed by atoms with Crippen molar-refractivity contribution in [1.29, 1.82) is 0 Å².